The number of hydrogen-bond acceptors (Lipinski definition) is 0. The first-order valence-corrected chi connectivity index (χ1v) is 28.1. The van der Waals surface area contributed by atoms with Gasteiger partial charge in [-0.3, -0.25) is 0 Å². The van der Waals surface area contributed by atoms with Crippen molar-refractivity contribution < 1.29 is 0 Å². The second kappa shape index (κ2) is 17.4. The Balaban J connectivity index is 1.64. The minimum atomic E-state index is -0.119. The largest absolute Gasteiger partial charge is 0.0622 e. The Labute approximate surface area is 454 Å². The van der Waals surface area contributed by atoms with E-state index in [-0.39, 0.29) is 32.5 Å². The summed E-state index contributed by atoms with van der Waals surface area (Å²) in [5.41, 5.74) is 17.5. The summed E-state index contributed by atoms with van der Waals surface area (Å²) in [4.78, 5) is 0. The zero-order valence-corrected chi connectivity index (χ0v) is 49.0. The molecule has 0 radical (unpaired) electrons. The van der Waals surface area contributed by atoms with Crippen LogP contribution in [-0.4, -0.2) is 0 Å². The van der Waals surface area contributed by atoms with E-state index in [1.807, 2.05) is 0 Å². The topological polar surface area (TPSA) is 0 Å². The van der Waals surface area contributed by atoms with Gasteiger partial charge in [-0.15, -0.1) is 0 Å². The van der Waals surface area contributed by atoms with Crippen molar-refractivity contribution in [3.8, 4) is 44.5 Å². The Morgan fingerprint density at radius 1 is 0.197 bits per heavy atom. The highest BCUT2D eigenvalue weighted by molar-refractivity contribution is 6.44. The first-order valence-electron chi connectivity index (χ1n) is 28.1. The van der Waals surface area contributed by atoms with E-state index in [2.05, 4.69) is 282 Å². The lowest BCUT2D eigenvalue weighted by atomic mass is 9.72. The summed E-state index contributed by atoms with van der Waals surface area (Å²) in [5, 5.41) is 15.8. The maximum atomic E-state index is 2.62. The van der Waals surface area contributed by atoms with Crippen molar-refractivity contribution in [2.75, 3.05) is 0 Å². The number of hydrogen-bond donors (Lipinski definition) is 0. The predicted octanol–water partition coefficient (Wildman–Crippen LogP) is 22.5. The van der Waals surface area contributed by atoms with Crippen LogP contribution in [0.25, 0.3) is 109 Å². The Bertz CT molecular complexity index is 3760. The zero-order valence-electron chi connectivity index (χ0n) is 49.0. The minimum Gasteiger partial charge on any atom is -0.0622 e. The van der Waals surface area contributed by atoms with Crippen LogP contribution in [0.3, 0.4) is 0 Å². The van der Waals surface area contributed by atoms with E-state index in [9.17, 15) is 0 Å². The molecule has 0 aromatic heterocycles. The van der Waals surface area contributed by atoms with Gasteiger partial charge in [-0.1, -0.05) is 270 Å². The van der Waals surface area contributed by atoms with E-state index in [1.165, 1.54) is 143 Å². The van der Waals surface area contributed by atoms with Crippen LogP contribution in [0, 0.1) is 0 Å². The van der Waals surface area contributed by atoms with E-state index >= 15 is 0 Å². The van der Waals surface area contributed by atoms with Crippen molar-refractivity contribution in [2.45, 2.75) is 157 Å². The quantitative estimate of drug-likeness (QED) is 0.122. The van der Waals surface area contributed by atoms with E-state index < -0.39 is 0 Å². The fourth-order valence-electron chi connectivity index (χ4n) is 12.2. The van der Waals surface area contributed by atoms with Crippen LogP contribution in [0.1, 0.15) is 158 Å². The Morgan fingerprint density at radius 3 is 0.763 bits per heavy atom. The SMILES string of the molecule is CC(C)(C)c1cc(-c2c3c(-c4ccccc4)c4ccccc4c(-c4ccccc4)c3c(-c3cc(C(C)(C)C)cc(C(C)(C)C)c3)c3c4cc(C(C)(C)C)cc5ccc6cc(C(C)(C)C)cc(c23)c6c54)cc(C(C)(C)C)c1. The summed E-state index contributed by atoms with van der Waals surface area (Å²) in [6.45, 7) is 43.0. The van der Waals surface area contributed by atoms with Gasteiger partial charge in [0.05, 0.1) is 0 Å². The van der Waals surface area contributed by atoms with Gasteiger partial charge in [-0.05, 0) is 187 Å². The van der Waals surface area contributed by atoms with Gasteiger partial charge < -0.3 is 0 Å². The lowest BCUT2D eigenvalue weighted by Gasteiger charge is -2.31. The maximum Gasteiger partial charge on any atom is -0.000116 e. The van der Waals surface area contributed by atoms with Crippen LogP contribution in [0.5, 0.6) is 0 Å². The molecule has 0 aliphatic heterocycles. The fourth-order valence-corrected chi connectivity index (χ4v) is 12.2. The van der Waals surface area contributed by atoms with Crippen LogP contribution in [-0.2, 0) is 32.5 Å². The number of rotatable bonds is 4. The Kier molecular flexibility index (Phi) is 11.7. The molecule has 0 bridgehead atoms. The van der Waals surface area contributed by atoms with E-state index in [4.69, 9.17) is 0 Å². The molecule has 0 saturated heterocycles. The van der Waals surface area contributed by atoms with Crippen molar-refractivity contribution in [2.24, 2.45) is 0 Å². The summed E-state index contributed by atoms with van der Waals surface area (Å²) in [6, 6.07) is 62.5. The van der Waals surface area contributed by atoms with Crippen molar-refractivity contribution in [1.29, 1.82) is 0 Å². The normalized spacial score (nSPS) is 13.4. The average Bonchev–Trinajstić information content (AvgIpc) is 3.55. The molecule has 76 heavy (non-hydrogen) atoms. The first kappa shape index (κ1) is 51.4. The molecule has 0 heterocycles. The van der Waals surface area contributed by atoms with E-state index in [0.717, 1.165) is 0 Å². The van der Waals surface area contributed by atoms with Crippen molar-refractivity contribution in [1.82, 2.24) is 0 Å². The zero-order chi connectivity index (χ0) is 54.4. The summed E-state index contributed by atoms with van der Waals surface area (Å²) in [5.74, 6) is 0. The lowest BCUT2D eigenvalue weighted by molar-refractivity contribution is 0.568. The monoisotopic (exact) mass is 993 g/mol. The molecule has 0 atom stereocenters. The fraction of sp³-hybridized carbons (Fsp3) is 0.316. The molecule has 0 heteroatoms. The molecule has 0 nitrogen and oxygen atoms in total. The van der Waals surface area contributed by atoms with Gasteiger partial charge in [0.15, 0.2) is 0 Å². The van der Waals surface area contributed by atoms with Crippen LogP contribution in [0.15, 0.2) is 158 Å². The molecule has 11 aromatic carbocycles. The van der Waals surface area contributed by atoms with Gasteiger partial charge in [0, 0.05) is 0 Å². The van der Waals surface area contributed by atoms with Crippen LogP contribution in [0.4, 0.5) is 0 Å². The van der Waals surface area contributed by atoms with Gasteiger partial charge in [-0.2, -0.15) is 0 Å². The summed E-state index contributed by atoms with van der Waals surface area (Å²) in [6.07, 6.45) is 0. The van der Waals surface area contributed by atoms with Gasteiger partial charge in [0.25, 0.3) is 0 Å². The lowest BCUT2D eigenvalue weighted by Crippen LogP contribution is -2.17. The summed E-state index contributed by atoms with van der Waals surface area (Å²) in [7, 11) is 0. The maximum absolute atomic E-state index is 2.62. The molecular weight excluding hydrogens is 913 g/mol. The Morgan fingerprint density at radius 2 is 0.474 bits per heavy atom. The first-order chi connectivity index (χ1) is 35.5. The molecule has 0 N–H and O–H groups in total. The van der Waals surface area contributed by atoms with E-state index in [0.29, 0.717) is 0 Å². The average molecular weight is 993 g/mol. The van der Waals surface area contributed by atoms with E-state index in [1.54, 1.807) is 0 Å². The molecule has 0 unspecified atom stereocenters. The van der Waals surface area contributed by atoms with Crippen molar-refractivity contribution >= 4 is 64.6 Å². The highest BCUT2D eigenvalue weighted by Crippen LogP contribution is 2.58. The molecule has 11 rings (SSSR count). The van der Waals surface area contributed by atoms with Crippen LogP contribution in [0.2, 0.25) is 0 Å². The summed E-state index contributed by atoms with van der Waals surface area (Å²) >= 11 is 0. The standard InChI is InChI=1S/C76H80/c1-71(2,3)51-37-49(38-52(41-51)72(4,5)6)65-67-59-43-55(75(13,14)15)35-47-33-34-48-36-56(76(16,17)18)44-60(64(48)63(47)59)68(67)66(50-39-53(73(7,8)9)42-54(40-50)74(10,11)12)70-62(46-29-23-20-24-30-46)58-32-26-25-31-57(58)61(69(65)70)45-27-21-19-22-28-45/h19-44H,1-18H3. The second-order valence-electron chi connectivity index (χ2n) is 28.7. The highest BCUT2D eigenvalue weighted by atomic mass is 14.4. The molecule has 0 amide bonds. The summed E-state index contributed by atoms with van der Waals surface area (Å²) < 4.78 is 0. The number of benzene rings is 11. The molecule has 0 spiro atoms. The highest BCUT2D eigenvalue weighted by Gasteiger charge is 2.33. The number of fused-ring (bicyclic) bond motifs is 5. The molecular formula is C76H80. The van der Waals surface area contributed by atoms with Crippen molar-refractivity contribution in [3.05, 3.63) is 191 Å². The van der Waals surface area contributed by atoms with Gasteiger partial charge in [-0.25, -0.2) is 0 Å². The predicted molar refractivity (Wildman–Crippen MR) is 337 cm³/mol. The molecule has 0 aliphatic carbocycles. The third-order valence-corrected chi connectivity index (χ3v) is 16.8. The van der Waals surface area contributed by atoms with Crippen LogP contribution >= 0.6 is 0 Å². The Hall–Kier alpha value is -6.76. The van der Waals surface area contributed by atoms with Crippen molar-refractivity contribution in [3.63, 3.8) is 0 Å². The minimum absolute atomic E-state index is 0.115. The van der Waals surface area contributed by atoms with Crippen LogP contribution < -0.4 is 0 Å². The van der Waals surface area contributed by atoms with Gasteiger partial charge >= 0.3 is 0 Å². The molecule has 0 saturated carbocycles. The smallest absolute Gasteiger partial charge is 0.000116 e. The third kappa shape index (κ3) is 8.60. The molecule has 0 fully saturated rings. The molecule has 384 valence electrons. The third-order valence-electron chi connectivity index (χ3n) is 16.8. The van der Waals surface area contributed by atoms with Gasteiger partial charge in [0.1, 0.15) is 0 Å². The molecule has 11 aromatic rings. The second-order valence-corrected chi connectivity index (χ2v) is 28.7. The van der Waals surface area contributed by atoms with Gasteiger partial charge in [0.2, 0.25) is 0 Å². The molecule has 0 aliphatic rings.